The smallest absolute Gasteiger partial charge is 0.157 e. The lowest BCUT2D eigenvalue weighted by molar-refractivity contribution is 1.19. The van der Waals surface area contributed by atoms with Crippen LogP contribution in [0.5, 0.6) is 0 Å². The number of benzene rings is 3. The SMILES string of the molecule is Cc1cc(Nc2ccc3ccccc3c2)n2c(nc3ccccc32)c1C#N. The summed E-state index contributed by atoms with van der Waals surface area (Å²) < 4.78 is 2.02. The zero-order valence-corrected chi connectivity index (χ0v) is 14.8. The van der Waals surface area contributed by atoms with E-state index in [-0.39, 0.29) is 0 Å². The predicted molar refractivity (Wildman–Crippen MR) is 109 cm³/mol. The summed E-state index contributed by atoms with van der Waals surface area (Å²) in [7, 11) is 0. The third-order valence-electron chi connectivity index (χ3n) is 4.91. The van der Waals surface area contributed by atoms with Crippen LogP contribution in [0.15, 0.2) is 72.8 Å². The number of imidazole rings is 1. The first-order valence-corrected chi connectivity index (χ1v) is 8.81. The van der Waals surface area contributed by atoms with E-state index in [0.29, 0.717) is 11.2 Å². The molecule has 0 aliphatic heterocycles. The van der Waals surface area contributed by atoms with Gasteiger partial charge < -0.3 is 5.32 Å². The summed E-state index contributed by atoms with van der Waals surface area (Å²) in [5.74, 6) is 0.894. The van der Waals surface area contributed by atoms with Crippen molar-refractivity contribution >= 4 is 39.0 Å². The van der Waals surface area contributed by atoms with Gasteiger partial charge in [-0.15, -0.1) is 0 Å². The van der Waals surface area contributed by atoms with Crippen molar-refractivity contribution in [1.29, 1.82) is 5.26 Å². The van der Waals surface area contributed by atoms with E-state index in [1.165, 1.54) is 10.8 Å². The summed E-state index contributed by atoms with van der Waals surface area (Å²) in [5.41, 5.74) is 5.05. The average molecular weight is 348 g/mol. The van der Waals surface area contributed by atoms with E-state index in [9.17, 15) is 5.26 Å². The molecule has 2 aromatic heterocycles. The van der Waals surface area contributed by atoms with Gasteiger partial charge in [0.1, 0.15) is 11.9 Å². The van der Waals surface area contributed by atoms with E-state index < -0.39 is 0 Å². The summed E-state index contributed by atoms with van der Waals surface area (Å²) in [6.45, 7) is 1.95. The van der Waals surface area contributed by atoms with Crippen molar-refractivity contribution in [2.24, 2.45) is 0 Å². The molecule has 0 spiro atoms. The van der Waals surface area contributed by atoms with E-state index in [2.05, 4.69) is 41.7 Å². The van der Waals surface area contributed by atoms with Gasteiger partial charge >= 0.3 is 0 Å². The van der Waals surface area contributed by atoms with Crippen LogP contribution in [-0.2, 0) is 0 Å². The fourth-order valence-corrected chi connectivity index (χ4v) is 3.60. The van der Waals surface area contributed by atoms with E-state index >= 15 is 0 Å². The maximum absolute atomic E-state index is 9.62. The highest BCUT2D eigenvalue weighted by Gasteiger charge is 2.15. The molecule has 0 unspecified atom stereocenters. The van der Waals surface area contributed by atoms with Crippen LogP contribution in [-0.4, -0.2) is 9.38 Å². The summed E-state index contributed by atoms with van der Waals surface area (Å²) in [5, 5.41) is 15.5. The molecular weight excluding hydrogens is 332 g/mol. The number of anilines is 2. The van der Waals surface area contributed by atoms with E-state index in [1.54, 1.807) is 0 Å². The third kappa shape index (κ3) is 2.41. The van der Waals surface area contributed by atoms with Gasteiger partial charge in [0.2, 0.25) is 0 Å². The highest BCUT2D eigenvalue weighted by atomic mass is 15.1. The van der Waals surface area contributed by atoms with Crippen LogP contribution in [0.1, 0.15) is 11.1 Å². The summed E-state index contributed by atoms with van der Waals surface area (Å²) >= 11 is 0. The van der Waals surface area contributed by atoms with Crippen molar-refractivity contribution in [3.63, 3.8) is 0 Å². The zero-order chi connectivity index (χ0) is 18.4. The number of nitriles is 1. The molecule has 0 radical (unpaired) electrons. The minimum absolute atomic E-state index is 0.607. The molecule has 0 aliphatic carbocycles. The number of para-hydroxylation sites is 2. The number of fused-ring (bicyclic) bond motifs is 4. The van der Waals surface area contributed by atoms with Crippen LogP contribution >= 0.6 is 0 Å². The Labute approximate surface area is 156 Å². The highest BCUT2D eigenvalue weighted by Crippen LogP contribution is 2.29. The van der Waals surface area contributed by atoms with Crippen LogP contribution in [0, 0.1) is 18.3 Å². The van der Waals surface area contributed by atoms with E-state index in [1.807, 2.05) is 53.8 Å². The van der Waals surface area contributed by atoms with Crippen LogP contribution in [0.25, 0.3) is 27.5 Å². The Hall–Kier alpha value is -3.84. The molecule has 5 aromatic rings. The molecule has 0 bridgehead atoms. The molecule has 4 heteroatoms. The minimum atomic E-state index is 0.607. The van der Waals surface area contributed by atoms with Gasteiger partial charge in [-0.3, -0.25) is 4.40 Å². The average Bonchev–Trinajstić information content (AvgIpc) is 3.07. The lowest BCUT2D eigenvalue weighted by Crippen LogP contribution is -2.02. The summed E-state index contributed by atoms with van der Waals surface area (Å²) in [4.78, 5) is 4.70. The second-order valence-corrected chi connectivity index (χ2v) is 6.65. The first-order chi connectivity index (χ1) is 13.2. The molecule has 0 aliphatic rings. The zero-order valence-electron chi connectivity index (χ0n) is 14.8. The quantitative estimate of drug-likeness (QED) is 0.454. The molecule has 0 saturated carbocycles. The Bertz CT molecular complexity index is 1370. The molecule has 0 saturated heterocycles. The van der Waals surface area contributed by atoms with Crippen LogP contribution in [0.2, 0.25) is 0 Å². The van der Waals surface area contributed by atoms with Gasteiger partial charge in [0.05, 0.1) is 16.6 Å². The van der Waals surface area contributed by atoms with Crippen molar-refractivity contribution < 1.29 is 0 Å². The summed E-state index contributed by atoms with van der Waals surface area (Å²) in [6, 6.07) is 26.9. The van der Waals surface area contributed by atoms with Crippen molar-refractivity contribution in [2.45, 2.75) is 6.92 Å². The lowest BCUT2D eigenvalue weighted by atomic mass is 10.1. The molecule has 3 aromatic carbocycles. The molecule has 0 atom stereocenters. The monoisotopic (exact) mass is 348 g/mol. The van der Waals surface area contributed by atoms with Crippen LogP contribution in [0.4, 0.5) is 11.5 Å². The van der Waals surface area contributed by atoms with Gasteiger partial charge in [-0.1, -0.05) is 42.5 Å². The molecule has 128 valence electrons. The first kappa shape index (κ1) is 15.4. The Kier molecular flexibility index (Phi) is 3.34. The van der Waals surface area contributed by atoms with Crippen molar-refractivity contribution in [3.8, 4) is 6.07 Å². The Morgan fingerprint density at radius 2 is 1.70 bits per heavy atom. The molecule has 0 amide bonds. The van der Waals surface area contributed by atoms with Crippen molar-refractivity contribution in [2.75, 3.05) is 5.32 Å². The number of nitrogens with one attached hydrogen (secondary N) is 1. The number of hydrogen-bond donors (Lipinski definition) is 1. The molecule has 5 rings (SSSR count). The van der Waals surface area contributed by atoms with Crippen molar-refractivity contribution in [3.05, 3.63) is 83.9 Å². The number of hydrogen-bond acceptors (Lipinski definition) is 3. The van der Waals surface area contributed by atoms with Gasteiger partial charge in [-0.05, 0) is 53.6 Å². The minimum Gasteiger partial charge on any atom is -0.341 e. The maximum Gasteiger partial charge on any atom is 0.157 e. The topological polar surface area (TPSA) is 53.1 Å². The van der Waals surface area contributed by atoms with Gasteiger partial charge in [-0.2, -0.15) is 5.26 Å². The molecule has 4 nitrogen and oxygen atoms in total. The predicted octanol–water partition coefficient (Wildman–Crippen LogP) is 5.56. The first-order valence-electron chi connectivity index (χ1n) is 8.81. The van der Waals surface area contributed by atoms with Gasteiger partial charge in [-0.25, -0.2) is 4.98 Å². The standard InChI is InChI=1S/C23H16N4/c1-15-12-22(25-18-11-10-16-6-2-3-7-17(16)13-18)27-21-9-5-4-8-20(21)26-23(27)19(15)14-24/h2-13,25H,1H3. The second-order valence-electron chi connectivity index (χ2n) is 6.65. The molecule has 27 heavy (non-hydrogen) atoms. The third-order valence-corrected chi connectivity index (χ3v) is 4.91. The number of rotatable bonds is 2. The van der Waals surface area contributed by atoms with Crippen LogP contribution < -0.4 is 5.32 Å². The Balaban J connectivity index is 1.75. The number of aromatic nitrogens is 2. The van der Waals surface area contributed by atoms with E-state index in [4.69, 9.17) is 4.98 Å². The van der Waals surface area contributed by atoms with Gasteiger partial charge in [0, 0.05) is 5.69 Å². The van der Waals surface area contributed by atoms with Gasteiger partial charge in [0.25, 0.3) is 0 Å². The number of aryl methyl sites for hydroxylation is 1. The second kappa shape index (κ2) is 5.86. The molecule has 1 N–H and O–H groups in total. The number of nitrogens with zero attached hydrogens (tertiary/aromatic N) is 3. The van der Waals surface area contributed by atoms with Gasteiger partial charge in [0.15, 0.2) is 5.65 Å². The van der Waals surface area contributed by atoms with Crippen molar-refractivity contribution in [1.82, 2.24) is 9.38 Å². The fourth-order valence-electron chi connectivity index (χ4n) is 3.60. The molecular formula is C23H16N4. The fraction of sp³-hybridized carbons (Fsp3) is 0.0435. The maximum atomic E-state index is 9.62. The van der Waals surface area contributed by atoms with E-state index in [0.717, 1.165) is 28.1 Å². The highest BCUT2D eigenvalue weighted by molar-refractivity contribution is 5.88. The normalized spacial score (nSPS) is 11.1. The largest absolute Gasteiger partial charge is 0.341 e. The Morgan fingerprint density at radius 3 is 2.56 bits per heavy atom. The Morgan fingerprint density at radius 1 is 0.926 bits per heavy atom. The summed E-state index contributed by atoms with van der Waals surface area (Å²) in [6.07, 6.45) is 0. The molecule has 0 fully saturated rings. The lowest BCUT2D eigenvalue weighted by Gasteiger charge is -2.13. The van der Waals surface area contributed by atoms with Crippen LogP contribution in [0.3, 0.4) is 0 Å². The molecule has 2 heterocycles. The number of pyridine rings is 1.